The van der Waals surface area contributed by atoms with Gasteiger partial charge in [-0.3, -0.25) is 0 Å². The second-order valence-corrected chi connectivity index (χ2v) is 4.90. The minimum absolute atomic E-state index is 0.0739. The van der Waals surface area contributed by atoms with Gasteiger partial charge in [0.05, 0.1) is 0 Å². The molecule has 0 bridgehead atoms. The van der Waals surface area contributed by atoms with Gasteiger partial charge in [-0.15, -0.1) is 0 Å². The van der Waals surface area contributed by atoms with Crippen LogP contribution in [0, 0.1) is 6.92 Å². The first-order valence-electron chi connectivity index (χ1n) is 7.12. The lowest BCUT2D eigenvalue weighted by Crippen LogP contribution is -2.01. The molecule has 122 valence electrons. The van der Waals surface area contributed by atoms with Gasteiger partial charge in [0, 0.05) is 29.6 Å². The summed E-state index contributed by atoms with van der Waals surface area (Å²) in [5.74, 6) is 1.77. The zero-order valence-electron chi connectivity index (χ0n) is 12.8. The van der Waals surface area contributed by atoms with Crippen molar-refractivity contribution in [1.82, 2.24) is 9.97 Å². The number of ether oxygens (including phenoxy) is 2. The van der Waals surface area contributed by atoms with Crippen molar-refractivity contribution < 1.29 is 23.8 Å². The fraction of sp³-hybridized carbons (Fsp3) is 0.118. The van der Waals surface area contributed by atoms with Gasteiger partial charge in [0.1, 0.15) is 18.1 Å². The fourth-order valence-corrected chi connectivity index (χ4v) is 2.08. The maximum Gasteiger partial charge on any atom is 0.513 e. The van der Waals surface area contributed by atoms with Crippen LogP contribution in [0.15, 0.2) is 53.2 Å². The summed E-state index contributed by atoms with van der Waals surface area (Å²) in [4.78, 5) is 18.9. The molecule has 7 nitrogen and oxygen atoms in total. The molecule has 3 rings (SSSR count). The SMILES string of the molecule is Cc1oc(OC(=O)O)cc1COc1ccc(-c2ncccn2)cc1. The fourth-order valence-electron chi connectivity index (χ4n) is 2.08. The molecular weight excluding hydrogens is 312 g/mol. The molecule has 0 radical (unpaired) electrons. The quantitative estimate of drug-likeness (QED) is 0.714. The molecule has 1 aromatic carbocycles. The van der Waals surface area contributed by atoms with E-state index >= 15 is 0 Å². The molecule has 2 heterocycles. The third kappa shape index (κ3) is 3.70. The smallest absolute Gasteiger partial charge is 0.489 e. The number of aryl methyl sites for hydroxylation is 1. The van der Waals surface area contributed by atoms with E-state index in [0.29, 0.717) is 22.9 Å². The molecule has 0 aliphatic heterocycles. The minimum Gasteiger partial charge on any atom is -0.489 e. The van der Waals surface area contributed by atoms with E-state index in [2.05, 4.69) is 14.7 Å². The van der Waals surface area contributed by atoms with Crippen LogP contribution in [0.4, 0.5) is 4.79 Å². The summed E-state index contributed by atoms with van der Waals surface area (Å²) in [6, 6.07) is 10.6. The van der Waals surface area contributed by atoms with Crippen molar-refractivity contribution in [3.63, 3.8) is 0 Å². The molecule has 0 aliphatic carbocycles. The van der Waals surface area contributed by atoms with E-state index in [1.54, 1.807) is 25.4 Å². The van der Waals surface area contributed by atoms with Gasteiger partial charge in [0.15, 0.2) is 5.82 Å². The van der Waals surface area contributed by atoms with Crippen molar-refractivity contribution in [2.24, 2.45) is 0 Å². The van der Waals surface area contributed by atoms with Crippen LogP contribution in [0.1, 0.15) is 11.3 Å². The third-order valence-electron chi connectivity index (χ3n) is 3.26. The molecule has 24 heavy (non-hydrogen) atoms. The van der Waals surface area contributed by atoms with Gasteiger partial charge in [-0.1, -0.05) is 0 Å². The Bertz CT molecular complexity index is 828. The molecule has 7 heteroatoms. The Morgan fingerprint density at radius 2 is 1.92 bits per heavy atom. The predicted molar refractivity (Wildman–Crippen MR) is 83.9 cm³/mol. The molecule has 0 unspecified atom stereocenters. The Kier molecular flexibility index (Phi) is 4.42. The third-order valence-corrected chi connectivity index (χ3v) is 3.26. The van der Waals surface area contributed by atoms with Crippen LogP contribution in [0.5, 0.6) is 11.7 Å². The van der Waals surface area contributed by atoms with Crippen molar-refractivity contribution in [3.8, 4) is 23.1 Å². The van der Waals surface area contributed by atoms with Crippen LogP contribution in [0.2, 0.25) is 0 Å². The summed E-state index contributed by atoms with van der Waals surface area (Å²) in [6.07, 6.45) is 1.95. The normalized spacial score (nSPS) is 10.4. The lowest BCUT2D eigenvalue weighted by atomic mass is 10.2. The molecular formula is C17H14N2O5. The first-order valence-corrected chi connectivity index (χ1v) is 7.12. The van der Waals surface area contributed by atoms with Gasteiger partial charge in [0.25, 0.3) is 5.95 Å². The lowest BCUT2D eigenvalue weighted by molar-refractivity contribution is 0.132. The summed E-state index contributed by atoms with van der Waals surface area (Å²) in [5, 5.41) is 8.57. The van der Waals surface area contributed by atoms with E-state index in [1.807, 2.05) is 24.3 Å². The van der Waals surface area contributed by atoms with Crippen molar-refractivity contribution in [2.45, 2.75) is 13.5 Å². The van der Waals surface area contributed by atoms with E-state index in [0.717, 1.165) is 5.56 Å². The highest BCUT2D eigenvalue weighted by atomic mass is 16.7. The van der Waals surface area contributed by atoms with Crippen LogP contribution in [0.25, 0.3) is 11.4 Å². The highest BCUT2D eigenvalue weighted by molar-refractivity contribution is 5.60. The van der Waals surface area contributed by atoms with Crippen LogP contribution in [-0.2, 0) is 6.61 Å². The van der Waals surface area contributed by atoms with Crippen LogP contribution >= 0.6 is 0 Å². The lowest BCUT2D eigenvalue weighted by Gasteiger charge is -2.06. The molecule has 0 saturated carbocycles. The number of benzene rings is 1. The number of carbonyl (C=O) groups is 1. The van der Waals surface area contributed by atoms with Gasteiger partial charge < -0.3 is 19.0 Å². The monoisotopic (exact) mass is 326 g/mol. The number of hydrogen-bond donors (Lipinski definition) is 1. The second-order valence-electron chi connectivity index (χ2n) is 4.90. The standard InChI is InChI=1S/C17H14N2O5/c1-11-13(9-15(23-11)24-17(20)21)10-22-14-5-3-12(4-6-14)16-18-7-2-8-19-16/h2-9H,10H2,1H3,(H,20,21). The molecule has 0 amide bonds. The molecule has 3 aromatic rings. The zero-order valence-corrected chi connectivity index (χ0v) is 12.8. The summed E-state index contributed by atoms with van der Waals surface area (Å²) >= 11 is 0. The Balaban J connectivity index is 1.65. The molecule has 1 N–H and O–H groups in total. The van der Waals surface area contributed by atoms with Gasteiger partial charge in [0.2, 0.25) is 0 Å². The molecule has 0 fully saturated rings. The molecule has 0 atom stereocenters. The van der Waals surface area contributed by atoms with E-state index in [9.17, 15) is 4.79 Å². The summed E-state index contributed by atoms with van der Waals surface area (Å²) in [6.45, 7) is 1.95. The molecule has 0 aliphatic rings. The van der Waals surface area contributed by atoms with Crippen LogP contribution < -0.4 is 9.47 Å². The highest BCUT2D eigenvalue weighted by Crippen LogP contribution is 2.24. The van der Waals surface area contributed by atoms with Crippen LogP contribution in [0.3, 0.4) is 0 Å². The first-order chi connectivity index (χ1) is 11.6. The number of hydrogen-bond acceptors (Lipinski definition) is 6. The largest absolute Gasteiger partial charge is 0.513 e. The second kappa shape index (κ2) is 6.82. The summed E-state index contributed by atoms with van der Waals surface area (Å²) in [5.41, 5.74) is 1.60. The number of furan rings is 1. The van der Waals surface area contributed by atoms with E-state index in [4.69, 9.17) is 14.3 Å². The van der Waals surface area contributed by atoms with Gasteiger partial charge in [-0.2, -0.15) is 0 Å². The van der Waals surface area contributed by atoms with Crippen molar-refractivity contribution >= 4 is 6.16 Å². The molecule has 0 saturated heterocycles. The Labute approximate surface area is 137 Å². The van der Waals surface area contributed by atoms with Crippen molar-refractivity contribution in [3.05, 3.63) is 60.1 Å². The van der Waals surface area contributed by atoms with Gasteiger partial charge >= 0.3 is 6.16 Å². The maximum absolute atomic E-state index is 10.5. The summed E-state index contributed by atoms with van der Waals surface area (Å²) in [7, 11) is 0. The average Bonchev–Trinajstić information content (AvgIpc) is 2.93. The van der Waals surface area contributed by atoms with E-state index < -0.39 is 6.16 Å². The Morgan fingerprint density at radius 3 is 2.58 bits per heavy atom. The number of rotatable bonds is 5. The van der Waals surface area contributed by atoms with Gasteiger partial charge in [-0.25, -0.2) is 14.8 Å². The number of carboxylic acid groups (broad SMARTS) is 1. The maximum atomic E-state index is 10.5. The number of nitrogens with zero attached hydrogens (tertiary/aromatic N) is 2. The molecule has 2 aromatic heterocycles. The number of aromatic nitrogens is 2. The zero-order chi connectivity index (χ0) is 16.9. The van der Waals surface area contributed by atoms with Crippen LogP contribution in [-0.4, -0.2) is 21.2 Å². The predicted octanol–water partition coefficient (Wildman–Crippen LogP) is 3.68. The van der Waals surface area contributed by atoms with Crippen molar-refractivity contribution in [2.75, 3.05) is 0 Å². The Hall–Kier alpha value is -3.35. The van der Waals surface area contributed by atoms with Crippen molar-refractivity contribution in [1.29, 1.82) is 0 Å². The topological polar surface area (TPSA) is 94.7 Å². The highest BCUT2D eigenvalue weighted by Gasteiger charge is 2.12. The van der Waals surface area contributed by atoms with Gasteiger partial charge in [-0.05, 0) is 37.3 Å². The Morgan fingerprint density at radius 1 is 1.21 bits per heavy atom. The van der Waals surface area contributed by atoms with E-state index in [1.165, 1.54) is 6.07 Å². The van der Waals surface area contributed by atoms with E-state index in [-0.39, 0.29) is 12.6 Å². The minimum atomic E-state index is -1.42. The molecule has 0 spiro atoms. The summed E-state index contributed by atoms with van der Waals surface area (Å²) < 4.78 is 15.3. The average molecular weight is 326 g/mol. The first kappa shape index (κ1) is 15.5.